The van der Waals surface area contributed by atoms with Crippen LogP contribution in [0.1, 0.15) is 32.1 Å². The molecule has 21 heavy (non-hydrogen) atoms. The molecule has 0 unspecified atom stereocenters. The lowest BCUT2D eigenvalue weighted by Crippen LogP contribution is -2.22. The van der Waals surface area contributed by atoms with E-state index in [1.807, 2.05) is 0 Å². The number of methoxy groups -OCH3 is 1. The molecular formula is C16H24N2O3. The van der Waals surface area contributed by atoms with Crippen molar-refractivity contribution in [3.8, 4) is 5.75 Å². The zero-order valence-electron chi connectivity index (χ0n) is 12.6. The standard InChI is InChI=1S/C16H24N2O3/c1-20-15-9-13(17)7-8-14(15)18-16(19)11-21-10-12-5-3-2-4-6-12/h7-9,12H,2-6,10-11,17H2,1H3,(H,18,19). The monoisotopic (exact) mass is 292 g/mol. The van der Waals surface area contributed by atoms with Crippen LogP contribution in [-0.4, -0.2) is 26.2 Å². The molecule has 3 N–H and O–H groups in total. The van der Waals surface area contributed by atoms with Crippen LogP contribution in [0.2, 0.25) is 0 Å². The fourth-order valence-electron chi connectivity index (χ4n) is 2.67. The van der Waals surface area contributed by atoms with Gasteiger partial charge >= 0.3 is 0 Å². The van der Waals surface area contributed by atoms with Gasteiger partial charge in [0, 0.05) is 11.8 Å². The molecule has 0 bridgehead atoms. The number of ether oxygens (including phenoxy) is 2. The van der Waals surface area contributed by atoms with Crippen LogP contribution in [0, 0.1) is 5.92 Å². The fraction of sp³-hybridized carbons (Fsp3) is 0.562. The molecule has 5 nitrogen and oxygen atoms in total. The lowest BCUT2D eigenvalue weighted by Gasteiger charge is -2.21. The maximum Gasteiger partial charge on any atom is 0.250 e. The van der Waals surface area contributed by atoms with Crippen molar-refractivity contribution in [2.75, 3.05) is 31.4 Å². The number of carbonyl (C=O) groups excluding carboxylic acids is 1. The number of nitrogens with one attached hydrogen (secondary N) is 1. The van der Waals surface area contributed by atoms with Gasteiger partial charge in [0.15, 0.2) is 0 Å². The zero-order valence-corrected chi connectivity index (χ0v) is 12.6. The van der Waals surface area contributed by atoms with E-state index in [1.54, 1.807) is 25.3 Å². The number of amides is 1. The molecule has 0 saturated heterocycles. The Morgan fingerprint density at radius 3 is 2.81 bits per heavy atom. The first-order valence-corrected chi connectivity index (χ1v) is 7.50. The van der Waals surface area contributed by atoms with Gasteiger partial charge in [-0.15, -0.1) is 0 Å². The summed E-state index contributed by atoms with van der Waals surface area (Å²) in [5, 5.41) is 2.78. The number of anilines is 2. The number of rotatable bonds is 6. The van der Waals surface area contributed by atoms with Crippen LogP contribution in [0.5, 0.6) is 5.75 Å². The third-order valence-corrected chi connectivity index (χ3v) is 3.81. The minimum Gasteiger partial charge on any atom is -0.494 e. The molecule has 0 spiro atoms. The molecule has 0 radical (unpaired) electrons. The fourth-order valence-corrected chi connectivity index (χ4v) is 2.67. The van der Waals surface area contributed by atoms with Crippen LogP contribution in [0.4, 0.5) is 11.4 Å². The second-order valence-electron chi connectivity index (χ2n) is 5.53. The summed E-state index contributed by atoms with van der Waals surface area (Å²) in [6.45, 7) is 0.746. The molecule has 1 aliphatic carbocycles. The minimum atomic E-state index is -0.172. The lowest BCUT2D eigenvalue weighted by atomic mass is 9.90. The molecule has 116 valence electrons. The van der Waals surface area contributed by atoms with E-state index in [0.717, 1.165) is 0 Å². The molecule has 0 aromatic heterocycles. The SMILES string of the molecule is COc1cc(N)ccc1NC(=O)COCC1CCCCC1. The summed E-state index contributed by atoms with van der Waals surface area (Å²) in [4.78, 5) is 11.9. The van der Waals surface area contributed by atoms with Crippen molar-refractivity contribution >= 4 is 17.3 Å². The average molecular weight is 292 g/mol. The molecule has 1 saturated carbocycles. The topological polar surface area (TPSA) is 73.6 Å². The zero-order chi connectivity index (χ0) is 15.1. The van der Waals surface area contributed by atoms with E-state index in [1.165, 1.54) is 32.1 Å². The van der Waals surface area contributed by atoms with Crippen LogP contribution >= 0.6 is 0 Å². The van der Waals surface area contributed by atoms with E-state index >= 15 is 0 Å². The van der Waals surface area contributed by atoms with Gasteiger partial charge in [-0.3, -0.25) is 4.79 Å². The Hall–Kier alpha value is -1.75. The van der Waals surface area contributed by atoms with Gasteiger partial charge in [-0.05, 0) is 30.9 Å². The molecule has 2 rings (SSSR count). The summed E-state index contributed by atoms with van der Waals surface area (Å²) >= 11 is 0. The third-order valence-electron chi connectivity index (χ3n) is 3.81. The lowest BCUT2D eigenvalue weighted by molar-refractivity contribution is -0.121. The first-order chi connectivity index (χ1) is 10.2. The van der Waals surface area contributed by atoms with Crippen LogP contribution in [0.15, 0.2) is 18.2 Å². The maximum absolute atomic E-state index is 11.9. The van der Waals surface area contributed by atoms with Gasteiger partial charge in [-0.2, -0.15) is 0 Å². The molecule has 1 aromatic carbocycles. The molecule has 1 fully saturated rings. The summed E-state index contributed by atoms with van der Waals surface area (Å²) in [7, 11) is 1.55. The first kappa shape index (κ1) is 15.6. The van der Waals surface area contributed by atoms with E-state index in [-0.39, 0.29) is 12.5 Å². The van der Waals surface area contributed by atoms with E-state index in [2.05, 4.69) is 5.32 Å². The highest BCUT2D eigenvalue weighted by atomic mass is 16.5. The Kier molecular flexibility index (Phi) is 5.87. The number of hydrogen-bond donors (Lipinski definition) is 2. The van der Waals surface area contributed by atoms with Crippen molar-refractivity contribution in [2.45, 2.75) is 32.1 Å². The summed E-state index contributed by atoms with van der Waals surface area (Å²) in [5.74, 6) is 0.988. The Morgan fingerprint density at radius 1 is 1.33 bits per heavy atom. The quantitative estimate of drug-likeness (QED) is 0.791. The van der Waals surface area contributed by atoms with E-state index in [9.17, 15) is 4.79 Å². The maximum atomic E-state index is 11.9. The number of hydrogen-bond acceptors (Lipinski definition) is 4. The normalized spacial score (nSPS) is 15.7. The van der Waals surface area contributed by atoms with Crippen LogP contribution in [0.25, 0.3) is 0 Å². The molecule has 0 atom stereocenters. The van der Waals surface area contributed by atoms with Crippen LogP contribution in [0.3, 0.4) is 0 Å². The van der Waals surface area contributed by atoms with Crippen molar-refractivity contribution in [2.24, 2.45) is 5.92 Å². The second kappa shape index (κ2) is 7.88. The summed E-state index contributed by atoms with van der Waals surface area (Å²) in [6.07, 6.45) is 6.32. The minimum absolute atomic E-state index is 0.0734. The highest BCUT2D eigenvalue weighted by molar-refractivity contribution is 5.93. The Morgan fingerprint density at radius 2 is 2.10 bits per heavy atom. The molecule has 1 aromatic rings. The van der Waals surface area contributed by atoms with E-state index < -0.39 is 0 Å². The van der Waals surface area contributed by atoms with Gasteiger partial charge < -0.3 is 20.5 Å². The number of benzene rings is 1. The Balaban J connectivity index is 1.76. The highest BCUT2D eigenvalue weighted by Gasteiger charge is 2.14. The predicted molar refractivity (Wildman–Crippen MR) is 83.4 cm³/mol. The third kappa shape index (κ3) is 4.93. The van der Waals surface area contributed by atoms with Crippen LogP contribution in [-0.2, 0) is 9.53 Å². The highest BCUT2D eigenvalue weighted by Crippen LogP contribution is 2.26. The Bertz CT molecular complexity index is 471. The van der Waals surface area contributed by atoms with Gasteiger partial charge in [0.2, 0.25) is 5.91 Å². The van der Waals surface area contributed by atoms with Gasteiger partial charge in [0.1, 0.15) is 12.4 Å². The number of nitrogen functional groups attached to an aromatic ring is 1. The van der Waals surface area contributed by atoms with Gasteiger partial charge in [-0.25, -0.2) is 0 Å². The smallest absolute Gasteiger partial charge is 0.250 e. The first-order valence-electron chi connectivity index (χ1n) is 7.50. The van der Waals surface area contributed by atoms with Crippen molar-refractivity contribution in [3.63, 3.8) is 0 Å². The molecule has 0 heterocycles. The van der Waals surface area contributed by atoms with Crippen molar-refractivity contribution in [3.05, 3.63) is 18.2 Å². The number of nitrogens with two attached hydrogens (primary N) is 1. The van der Waals surface area contributed by atoms with Gasteiger partial charge in [0.05, 0.1) is 19.4 Å². The molecule has 1 amide bonds. The van der Waals surface area contributed by atoms with Crippen molar-refractivity contribution < 1.29 is 14.3 Å². The second-order valence-corrected chi connectivity index (χ2v) is 5.53. The predicted octanol–water partition coefficient (Wildman–Crippen LogP) is 2.81. The summed E-state index contributed by atoms with van der Waals surface area (Å²) < 4.78 is 10.7. The van der Waals surface area contributed by atoms with Gasteiger partial charge in [0.25, 0.3) is 0 Å². The van der Waals surface area contributed by atoms with Crippen molar-refractivity contribution in [1.29, 1.82) is 0 Å². The van der Waals surface area contributed by atoms with Crippen LogP contribution < -0.4 is 15.8 Å². The molecule has 5 heteroatoms. The largest absolute Gasteiger partial charge is 0.494 e. The number of carbonyl (C=O) groups is 1. The Labute approximate surface area is 125 Å². The molecular weight excluding hydrogens is 268 g/mol. The van der Waals surface area contributed by atoms with E-state index in [0.29, 0.717) is 29.6 Å². The molecule has 1 aliphatic rings. The van der Waals surface area contributed by atoms with Crippen molar-refractivity contribution in [1.82, 2.24) is 0 Å². The van der Waals surface area contributed by atoms with Gasteiger partial charge in [-0.1, -0.05) is 19.3 Å². The van der Waals surface area contributed by atoms with E-state index in [4.69, 9.17) is 15.2 Å². The average Bonchev–Trinajstić information content (AvgIpc) is 2.50. The summed E-state index contributed by atoms with van der Waals surface area (Å²) in [5.41, 5.74) is 6.88. The summed E-state index contributed by atoms with van der Waals surface area (Å²) in [6, 6.07) is 5.13. The molecule has 0 aliphatic heterocycles.